The van der Waals surface area contributed by atoms with Crippen molar-refractivity contribution in [3.05, 3.63) is 46.9 Å². The summed E-state index contributed by atoms with van der Waals surface area (Å²) in [4.78, 5) is 36.0. The van der Waals surface area contributed by atoms with E-state index in [4.69, 9.17) is 5.41 Å². The quantitative estimate of drug-likeness (QED) is 0.409. The van der Waals surface area contributed by atoms with Gasteiger partial charge in [0, 0.05) is 31.4 Å². The van der Waals surface area contributed by atoms with Gasteiger partial charge in [-0.2, -0.15) is 0 Å². The van der Waals surface area contributed by atoms with Crippen LogP contribution < -0.4 is 10.6 Å². The van der Waals surface area contributed by atoms with Gasteiger partial charge in [-0.15, -0.1) is 11.3 Å². The molecule has 1 saturated heterocycles. The van der Waals surface area contributed by atoms with Crippen molar-refractivity contribution in [2.75, 3.05) is 13.6 Å². The van der Waals surface area contributed by atoms with Crippen molar-refractivity contribution >= 4 is 29.0 Å². The first-order chi connectivity index (χ1) is 14.3. The minimum absolute atomic E-state index is 0.0723. The van der Waals surface area contributed by atoms with E-state index in [-0.39, 0.29) is 29.7 Å². The molecule has 0 bridgehead atoms. The molecule has 0 aliphatic carbocycles. The third kappa shape index (κ3) is 4.39. The molecule has 2 aromatic rings. The van der Waals surface area contributed by atoms with E-state index in [0.29, 0.717) is 28.5 Å². The summed E-state index contributed by atoms with van der Waals surface area (Å²) in [6.07, 6.45) is 3.68. The predicted octanol–water partition coefficient (Wildman–Crippen LogP) is 1.72. The van der Waals surface area contributed by atoms with Gasteiger partial charge in [0.05, 0.1) is 22.9 Å². The Morgan fingerprint density at radius 1 is 1.43 bits per heavy atom. The smallest absolute Gasteiger partial charge is 0.274 e. The Hall–Kier alpha value is -3.11. The number of nitrogens with one attached hydrogen (secondary N) is 3. The summed E-state index contributed by atoms with van der Waals surface area (Å²) < 4.78 is 0. The number of aliphatic hydroxyl groups excluding tert-OH is 1. The number of aliphatic hydroxyl groups is 1. The second kappa shape index (κ2) is 8.72. The van der Waals surface area contributed by atoms with Crippen molar-refractivity contribution in [3.63, 3.8) is 0 Å². The maximum atomic E-state index is 12.8. The van der Waals surface area contributed by atoms with Crippen molar-refractivity contribution in [1.82, 2.24) is 25.5 Å². The maximum Gasteiger partial charge on any atom is 0.274 e. The SMILES string of the molecule is CN/C=C(/NC(=O)c1cccc(-c2ncc(CO)s2)n1)C(=N)N1CCC(C)(C)C1=O. The minimum Gasteiger partial charge on any atom is -0.392 e. The van der Waals surface area contributed by atoms with Gasteiger partial charge in [0.15, 0.2) is 5.84 Å². The average Bonchev–Trinajstić information content (AvgIpc) is 3.32. The Bertz CT molecular complexity index is 1010. The van der Waals surface area contributed by atoms with E-state index in [1.165, 1.54) is 22.4 Å². The minimum atomic E-state index is -0.530. The average molecular weight is 429 g/mol. The number of rotatable bonds is 6. The van der Waals surface area contributed by atoms with Crippen LogP contribution in [-0.2, 0) is 11.4 Å². The van der Waals surface area contributed by atoms with Crippen LogP contribution in [0.15, 0.2) is 36.3 Å². The molecule has 2 amide bonds. The van der Waals surface area contributed by atoms with Gasteiger partial charge in [0.25, 0.3) is 5.91 Å². The second-order valence-electron chi connectivity index (χ2n) is 7.44. The zero-order valence-electron chi connectivity index (χ0n) is 17.0. The van der Waals surface area contributed by atoms with Gasteiger partial charge >= 0.3 is 0 Å². The van der Waals surface area contributed by atoms with E-state index in [1.54, 1.807) is 31.4 Å². The van der Waals surface area contributed by atoms with E-state index < -0.39 is 11.3 Å². The van der Waals surface area contributed by atoms with Crippen molar-refractivity contribution < 1.29 is 14.7 Å². The van der Waals surface area contributed by atoms with Gasteiger partial charge in [-0.3, -0.25) is 19.9 Å². The molecular weight excluding hydrogens is 404 g/mol. The van der Waals surface area contributed by atoms with Crippen LogP contribution in [0.2, 0.25) is 0 Å². The van der Waals surface area contributed by atoms with Gasteiger partial charge in [0.2, 0.25) is 5.91 Å². The van der Waals surface area contributed by atoms with Gasteiger partial charge in [-0.25, -0.2) is 9.97 Å². The Morgan fingerprint density at radius 2 is 2.20 bits per heavy atom. The first-order valence-corrected chi connectivity index (χ1v) is 10.2. The number of carbonyl (C=O) groups excluding carboxylic acids is 2. The van der Waals surface area contributed by atoms with Crippen molar-refractivity contribution in [2.24, 2.45) is 5.41 Å². The molecule has 1 aliphatic heterocycles. The number of amides is 2. The van der Waals surface area contributed by atoms with E-state index in [9.17, 15) is 14.7 Å². The summed E-state index contributed by atoms with van der Waals surface area (Å²) in [5.74, 6) is -0.725. The van der Waals surface area contributed by atoms with Gasteiger partial charge in [-0.1, -0.05) is 19.9 Å². The number of pyridine rings is 1. The molecule has 0 spiro atoms. The van der Waals surface area contributed by atoms with Crippen LogP contribution in [0.4, 0.5) is 0 Å². The molecule has 10 heteroatoms. The number of nitrogens with zero attached hydrogens (tertiary/aromatic N) is 3. The normalized spacial score (nSPS) is 15.9. The van der Waals surface area contributed by atoms with Gasteiger partial charge in [0.1, 0.15) is 10.7 Å². The topological polar surface area (TPSA) is 131 Å². The van der Waals surface area contributed by atoms with Crippen molar-refractivity contribution in [3.8, 4) is 10.7 Å². The highest BCUT2D eigenvalue weighted by Crippen LogP contribution is 2.31. The molecule has 30 heavy (non-hydrogen) atoms. The highest BCUT2D eigenvalue weighted by Gasteiger charge is 2.41. The van der Waals surface area contributed by atoms with Gasteiger partial charge in [-0.05, 0) is 18.6 Å². The molecule has 0 radical (unpaired) electrons. The van der Waals surface area contributed by atoms with E-state index in [2.05, 4.69) is 20.6 Å². The summed E-state index contributed by atoms with van der Waals surface area (Å²) in [5.41, 5.74) is 0.310. The molecule has 1 fully saturated rings. The predicted molar refractivity (Wildman–Crippen MR) is 114 cm³/mol. The highest BCUT2D eigenvalue weighted by molar-refractivity contribution is 7.14. The van der Waals surface area contributed by atoms with E-state index >= 15 is 0 Å². The molecule has 1 aliphatic rings. The lowest BCUT2D eigenvalue weighted by molar-refractivity contribution is -0.131. The largest absolute Gasteiger partial charge is 0.392 e. The zero-order chi connectivity index (χ0) is 21.9. The molecule has 0 unspecified atom stereocenters. The lowest BCUT2D eigenvalue weighted by Gasteiger charge is -2.22. The van der Waals surface area contributed by atoms with E-state index in [0.717, 1.165) is 0 Å². The number of hydrogen-bond acceptors (Lipinski definition) is 8. The van der Waals surface area contributed by atoms with Crippen LogP contribution in [-0.4, -0.2) is 51.2 Å². The fourth-order valence-corrected chi connectivity index (χ4v) is 3.74. The number of amidine groups is 1. The molecule has 0 saturated carbocycles. The van der Waals surface area contributed by atoms with Crippen LogP contribution in [0.25, 0.3) is 10.7 Å². The molecule has 3 rings (SSSR count). The number of likely N-dealkylation sites (tertiary alicyclic amines) is 1. The molecular formula is C20H24N6O3S. The monoisotopic (exact) mass is 428 g/mol. The molecule has 4 N–H and O–H groups in total. The standard InChI is InChI=1S/C20H24N6O3S/c1-20(2)7-8-26(19(20)29)16(21)15(10-22-3)25-17(28)13-5-4-6-14(24-13)18-23-9-12(11-27)30-18/h4-6,9-10,21-22,27H,7-8,11H2,1-3H3,(H,25,28)/b15-10+,21-16?. The zero-order valence-corrected chi connectivity index (χ0v) is 17.8. The van der Waals surface area contributed by atoms with Crippen LogP contribution in [0, 0.1) is 10.8 Å². The number of thiazole rings is 1. The fourth-order valence-electron chi connectivity index (χ4n) is 3.00. The number of aromatic nitrogens is 2. The molecule has 0 atom stereocenters. The van der Waals surface area contributed by atoms with Crippen LogP contribution in [0.5, 0.6) is 0 Å². The summed E-state index contributed by atoms with van der Waals surface area (Å²) in [7, 11) is 1.65. The molecule has 158 valence electrons. The first kappa shape index (κ1) is 21.6. The summed E-state index contributed by atoms with van der Waals surface area (Å²) in [5, 5.41) is 23.7. The van der Waals surface area contributed by atoms with E-state index in [1.807, 2.05) is 13.8 Å². The van der Waals surface area contributed by atoms with Crippen LogP contribution in [0.1, 0.15) is 35.6 Å². The molecule has 9 nitrogen and oxygen atoms in total. The second-order valence-corrected chi connectivity index (χ2v) is 8.55. The first-order valence-electron chi connectivity index (χ1n) is 9.39. The van der Waals surface area contributed by atoms with Crippen LogP contribution >= 0.6 is 11.3 Å². The van der Waals surface area contributed by atoms with Crippen molar-refractivity contribution in [2.45, 2.75) is 26.9 Å². The Kier molecular flexibility index (Phi) is 6.28. The summed E-state index contributed by atoms with van der Waals surface area (Å²) >= 11 is 1.30. The van der Waals surface area contributed by atoms with Crippen LogP contribution in [0.3, 0.4) is 0 Å². The highest BCUT2D eigenvalue weighted by atomic mass is 32.1. The lowest BCUT2D eigenvalue weighted by Crippen LogP contribution is -2.41. The lowest BCUT2D eigenvalue weighted by atomic mass is 9.92. The number of hydrogen-bond donors (Lipinski definition) is 4. The maximum absolute atomic E-state index is 12.8. The number of carbonyl (C=O) groups is 2. The Labute approximate surface area is 178 Å². The third-order valence-corrected chi connectivity index (χ3v) is 5.76. The molecule has 3 heterocycles. The Morgan fingerprint density at radius 3 is 2.80 bits per heavy atom. The summed E-state index contributed by atoms with van der Waals surface area (Å²) in [6.45, 7) is 4.01. The fraction of sp³-hybridized carbons (Fsp3) is 0.350. The van der Waals surface area contributed by atoms with Gasteiger partial charge < -0.3 is 15.7 Å². The third-order valence-electron chi connectivity index (χ3n) is 4.76. The Balaban J connectivity index is 1.79. The summed E-state index contributed by atoms with van der Waals surface area (Å²) in [6, 6.07) is 4.98. The molecule has 2 aromatic heterocycles. The molecule has 0 aromatic carbocycles. The van der Waals surface area contributed by atoms with Crippen molar-refractivity contribution in [1.29, 1.82) is 5.41 Å².